The fourth-order valence-corrected chi connectivity index (χ4v) is 0.766. The minimum atomic E-state index is -4.61. The maximum atomic E-state index is 11.7. The van der Waals surface area contributed by atoms with Crippen molar-refractivity contribution >= 4 is 11.9 Å². The van der Waals surface area contributed by atoms with Crippen molar-refractivity contribution in [3.05, 3.63) is 0 Å². The van der Waals surface area contributed by atoms with E-state index in [4.69, 9.17) is 5.11 Å². The first-order valence-electron chi connectivity index (χ1n) is 3.85. The summed E-state index contributed by atoms with van der Waals surface area (Å²) in [4.78, 5) is 21.0. The number of aliphatic carboxylic acids is 1. The van der Waals surface area contributed by atoms with E-state index in [0.29, 0.717) is 0 Å². The Morgan fingerprint density at radius 2 is 1.93 bits per heavy atom. The average molecular weight is 213 g/mol. The summed E-state index contributed by atoms with van der Waals surface area (Å²) in [5, 5.41) is 10.2. The van der Waals surface area contributed by atoms with Crippen LogP contribution in [0.4, 0.5) is 13.2 Å². The molecule has 7 heteroatoms. The normalized spacial score (nSPS) is 13.4. The largest absolute Gasteiger partial charge is 0.480 e. The van der Waals surface area contributed by atoms with Gasteiger partial charge in [-0.1, -0.05) is 6.92 Å². The standard InChI is InChI=1S/C7H10F3NO3/c1-2-4(6(13)14)11-5(12)3-7(8,9)10/h4H,2-3H2,1H3,(H,11,12)(H,13,14)/t4-/m1/s1. The maximum Gasteiger partial charge on any atom is 0.397 e. The first kappa shape index (κ1) is 12.7. The van der Waals surface area contributed by atoms with Crippen LogP contribution in [-0.4, -0.2) is 29.2 Å². The number of alkyl halides is 3. The molecule has 0 aliphatic heterocycles. The Labute approximate surface area is 78.1 Å². The summed E-state index contributed by atoms with van der Waals surface area (Å²) >= 11 is 0. The van der Waals surface area contributed by atoms with E-state index in [-0.39, 0.29) is 6.42 Å². The van der Waals surface area contributed by atoms with E-state index < -0.39 is 30.5 Å². The molecule has 0 heterocycles. The Bertz CT molecular complexity index is 227. The number of carbonyl (C=O) groups is 2. The van der Waals surface area contributed by atoms with Gasteiger partial charge in [-0.3, -0.25) is 4.79 Å². The number of hydrogen-bond donors (Lipinski definition) is 2. The van der Waals surface area contributed by atoms with E-state index in [0.717, 1.165) is 0 Å². The molecule has 0 aromatic carbocycles. The molecular weight excluding hydrogens is 203 g/mol. The van der Waals surface area contributed by atoms with Gasteiger partial charge in [-0.25, -0.2) is 4.79 Å². The monoisotopic (exact) mass is 213 g/mol. The number of hydrogen-bond acceptors (Lipinski definition) is 2. The maximum absolute atomic E-state index is 11.7. The van der Waals surface area contributed by atoms with Crippen LogP contribution in [0.3, 0.4) is 0 Å². The lowest BCUT2D eigenvalue weighted by molar-refractivity contribution is -0.156. The first-order chi connectivity index (χ1) is 6.26. The Hall–Kier alpha value is -1.27. The number of rotatable bonds is 4. The molecule has 0 fully saturated rings. The molecule has 1 atom stereocenters. The minimum absolute atomic E-state index is 0.0406. The third-order valence-electron chi connectivity index (χ3n) is 1.40. The SMILES string of the molecule is CC[C@@H](NC(=O)CC(F)(F)F)C(=O)O. The predicted octanol–water partition coefficient (Wildman–Crippen LogP) is 0.918. The molecule has 0 rings (SSSR count). The lowest BCUT2D eigenvalue weighted by atomic mass is 10.2. The molecule has 0 saturated carbocycles. The van der Waals surface area contributed by atoms with Crippen molar-refractivity contribution in [1.29, 1.82) is 0 Å². The van der Waals surface area contributed by atoms with Crippen molar-refractivity contribution < 1.29 is 27.9 Å². The topological polar surface area (TPSA) is 66.4 Å². The summed E-state index contributed by atoms with van der Waals surface area (Å²) in [7, 11) is 0. The summed E-state index contributed by atoms with van der Waals surface area (Å²) in [5.41, 5.74) is 0. The Morgan fingerprint density at radius 1 is 1.43 bits per heavy atom. The zero-order valence-electron chi connectivity index (χ0n) is 7.39. The molecule has 4 nitrogen and oxygen atoms in total. The molecule has 0 spiro atoms. The molecule has 14 heavy (non-hydrogen) atoms. The van der Waals surface area contributed by atoms with Gasteiger partial charge in [-0.15, -0.1) is 0 Å². The second-order valence-electron chi connectivity index (χ2n) is 2.66. The van der Waals surface area contributed by atoms with Gasteiger partial charge in [0, 0.05) is 0 Å². The highest BCUT2D eigenvalue weighted by Crippen LogP contribution is 2.19. The Morgan fingerprint density at radius 3 is 2.21 bits per heavy atom. The second kappa shape index (κ2) is 4.83. The van der Waals surface area contributed by atoms with E-state index in [2.05, 4.69) is 0 Å². The van der Waals surface area contributed by atoms with Gasteiger partial charge in [0.1, 0.15) is 12.5 Å². The van der Waals surface area contributed by atoms with Gasteiger partial charge >= 0.3 is 12.1 Å². The number of nitrogens with one attached hydrogen (secondary N) is 1. The quantitative estimate of drug-likeness (QED) is 0.729. The van der Waals surface area contributed by atoms with E-state index in [1.165, 1.54) is 6.92 Å². The molecular formula is C7H10F3NO3. The van der Waals surface area contributed by atoms with Crippen LogP contribution in [0.2, 0.25) is 0 Å². The molecule has 0 unspecified atom stereocenters. The fraction of sp³-hybridized carbons (Fsp3) is 0.714. The van der Waals surface area contributed by atoms with Crippen molar-refractivity contribution in [2.75, 3.05) is 0 Å². The van der Waals surface area contributed by atoms with Crippen molar-refractivity contribution in [3.8, 4) is 0 Å². The molecule has 0 aromatic rings. The molecule has 0 aromatic heterocycles. The zero-order valence-corrected chi connectivity index (χ0v) is 7.39. The zero-order chi connectivity index (χ0) is 11.4. The number of amides is 1. The van der Waals surface area contributed by atoms with Gasteiger partial charge < -0.3 is 10.4 Å². The van der Waals surface area contributed by atoms with Gasteiger partial charge in [0.2, 0.25) is 5.91 Å². The summed E-state index contributed by atoms with van der Waals surface area (Å²) in [6, 6.07) is -1.26. The Kier molecular flexibility index (Phi) is 4.39. The summed E-state index contributed by atoms with van der Waals surface area (Å²) in [6.07, 6.45) is -6.23. The van der Waals surface area contributed by atoms with Crippen LogP contribution in [-0.2, 0) is 9.59 Å². The molecule has 0 aliphatic rings. The lowest BCUT2D eigenvalue weighted by Gasteiger charge is -2.12. The average Bonchev–Trinajstić information content (AvgIpc) is 1.96. The third-order valence-corrected chi connectivity index (χ3v) is 1.40. The smallest absolute Gasteiger partial charge is 0.397 e. The summed E-state index contributed by atoms with van der Waals surface area (Å²) in [6.45, 7) is 1.45. The highest BCUT2D eigenvalue weighted by molar-refractivity contribution is 5.83. The molecule has 0 saturated heterocycles. The van der Waals surface area contributed by atoms with E-state index >= 15 is 0 Å². The van der Waals surface area contributed by atoms with Gasteiger partial charge in [-0.2, -0.15) is 13.2 Å². The molecule has 0 radical (unpaired) electrons. The first-order valence-corrected chi connectivity index (χ1v) is 3.85. The van der Waals surface area contributed by atoms with E-state index in [1.807, 2.05) is 0 Å². The van der Waals surface area contributed by atoms with Crippen LogP contribution in [0, 0.1) is 0 Å². The van der Waals surface area contributed by atoms with Gasteiger partial charge in [0.05, 0.1) is 0 Å². The molecule has 82 valence electrons. The van der Waals surface area contributed by atoms with Gasteiger partial charge in [0.15, 0.2) is 0 Å². The predicted molar refractivity (Wildman–Crippen MR) is 40.5 cm³/mol. The molecule has 0 bridgehead atoms. The van der Waals surface area contributed by atoms with E-state index in [9.17, 15) is 22.8 Å². The Balaban J connectivity index is 4.11. The highest BCUT2D eigenvalue weighted by Gasteiger charge is 2.32. The lowest BCUT2D eigenvalue weighted by Crippen LogP contribution is -2.41. The van der Waals surface area contributed by atoms with Crippen molar-refractivity contribution in [2.45, 2.75) is 32.0 Å². The van der Waals surface area contributed by atoms with Crippen molar-refractivity contribution in [1.82, 2.24) is 5.32 Å². The molecule has 1 amide bonds. The van der Waals surface area contributed by atoms with Crippen LogP contribution in [0.5, 0.6) is 0 Å². The van der Waals surface area contributed by atoms with Crippen molar-refractivity contribution in [3.63, 3.8) is 0 Å². The number of carboxylic acids is 1. The van der Waals surface area contributed by atoms with Gasteiger partial charge in [0.25, 0.3) is 0 Å². The van der Waals surface area contributed by atoms with Crippen LogP contribution in [0.15, 0.2) is 0 Å². The number of carbonyl (C=O) groups excluding carboxylic acids is 1. The summed E-state index contributed by atoms with van der Waals surface area (Å²) in [5.74, 6) is -2.67. The van der Waals surface area contributed by atoms with Crippen LogP contribution in [0.25, 0.3) is 0 Å². The molecule has 0 aliphatic carbocycles. The van der Waals surface area contributed by atoms with Crippen molar-refractivity contribution in [2.24, 2.45) is 0 Å². The summed E-state index contributed by atoms with van der Waals surface area (Å²) < 4.78 is 35.0. The third kappa shape index (κ3) is 5.39. The minimum Gasteiger partial charge on any atom is -0.480 e. The van der Waals surface area contributed by atoms with Crippen LogP contribution < -0.4 is 5.32 Å². The number of halogens is 3. The van der Waals surface area contributed by atoms with Crippen LogP contribution >= 0.6 is 0 Å². The van der Waals surface area contributed by atoms with Crippen LogP contribution in [0.1, 0.15) is 19.8 Å². The fourth-order valence-electron chi connectivity index (χ4n) is 0.766. The van der Waals surface area contributed by atoms with Gasteiger partial charge in [-0.05, 0) is 6.42 Å². The molecule has 2 N–H and O–H groups in total. The second-order valence-corrected chi connectivity index (χ2v) is 2.66. The highest BCUT2D eigenvalue weighted by atomic mass is 19.4. The van der Waals surface area contributed by atoms with E-state index in [1.54, 1.807) is 5.32 Å². The number of carboxylic acid groups (broad SMARTS) is 1.